The standard InChI is InChI=1S/C14H16N6O/c1-3-19-9-15-18-13(19)10(2)17-14(21)12-6-4-5-11-7-8-16-20(11)12/h4-10H,3H2,1-2H3,(H,17,21)/t10-/m0/s1. The number of nitrogens with zero attached hydrogens (tertiary/aromatic N) is 5. The lowest BCUT2D eigenvalue weighted by Gasteiger charge is -2.14. The van der Waals surface area contributed by atoms with Gasteiger partial charge in [-0.3, -0.25) is 4.79 Å². The first kappa shape index (κ1) is 13.3. The molecule has 0 fully saturated rings. The van der Waals surface area contributed by atoms with E-state index >= 15 is 0 Å². The lowest BCUT2D eigenvalue weighted by molar-refractivity contribution is 0.0930. The number of aryl methyl sites for hydroxylation is 1. The second-order valence-corrected chi connectivity index (χ2v) is 4.75. The normalized spacial score (nSPS) is 12.5. The quantitative estimate of drug-likeness (QED) is 0.786. The first-order chi connectivity index (χ1) is 10.2. The van der Waals surface area contributed by atoms with Crippen molar-refractivity contribution in [2.24, 2.45) is 0 Å². The molecule has 0 saturated heterocycles. The number of aromatic nitrogens is 5. The highest BCUT2D eigenvalue weighted by atomic mass is 16.2. The molecule has 7 nitrogen and oxygen atoms in total. The molecule has 3 aromatic rings. The summed E-state index contributed by atoms with van der Waals surface area (Å²) >= 11 is 0. The van der Waals surface area contributed by atoms with Crippen LogP contribution in [0.1, 0.15) is 36.2 Å². The number of nitrogens with one attached hydrogen (secondary N) is 1. The minimum absolute atomic E-state index is 0.192. The van der Waals surface area contributed by atoms with Crippen molar-refractivity contribution in [2.45, 2.75) is 26.4 Å². The Bertz CT molecular complexity index is 774. The van der Waals surface area contributed by atoms with Crippen molar-refractivity contribution in [1.82, 2.24) is 29.7 Å². The number of hydrogen-bond acceptors (Lipinski definition) is 4. The molecule has 1 N–H and O–H groups in total. The van der Waals surface area contributed by atoms with Crippen molar-refractivity contribution >= 4 is 11.4 Å². The average molecular weight is 284 g/mol. The van der Waals surface area contributed by atoms with Crippen LogP contribution in [0.4, 0.5) is 0 Å². The zero-order chi connectivity index (χ0) is 14.8. The van der Waals surface area contributed by atoms with E-state index in [4.69, 9.17) is 0 Å². The topological polar surface area (TPSA) is 77.1 Å². The fourth-order valence-electron chi connectivity index (χ4n) is 2.30. The molecular formula is C14H16N6O. The molecule has 3 aromatic heterocycles. The highest BCUT2D eigenvalue weighted by Gasteiger charge is 2.17. The summed E-state index contributed by atoms with van der Waals surface area (Å²) in [6.45, 7) is 4.65. The van der Waals surface area contributed by atoms with E-state index in [9.17, 15) is 4.79 Å². The van der Waals surface area contributed by atoms with Gasteiger partial charge in [-0.15, -0.1) is 10.2 Å². The molecule has 0 aliphatic heterocycles. The van der Waals surface area contributed by atoms with E-state index in [1.807, 2.05) is 36.6 Å². The maximum absolute atomic E-state index is 12.4. The molecule has 21 heavy (non-hydrogen) atoms. The van der Waals surface area contributed by atoms with Gasteiger partial charge in [0, 0.05) is 6.54 Å². The zero-order valence-electron chi connectivity index (χ0n) is 11.9. The second kappa shape index (κ2) is 5.35. The van der Waals surface area contributed by atoms with Crippen LogP contribution in [0, 0.1) is 0 Å². The lowest BCUT2D eigenvalue weighted by Crippen LogP contribution is -2.30. The van der Waals surface area contributed by atoms with Gasteiger partial charge in [-0.05, 0) is 32.0 Å². The van der Waals surface area contributed by atoms with Crippen LogP contribution in [0.3, 0.4) is 0 Å². The number of hydrogen-bond donors (Lipinski definition) is 1. The fraction of sp³-hybridized carbons (Fsp3) is 0.286. The monoisotopic (exact) mass is 284 g/mol. The maximum atomic E-state index is 12.4. The molecule has 0 unspecified atom stereocenters. The van der Waals surface area contributed by atoms with Gasteiger partial charge >= 0.3 is 0 Å². The third-order valence-corrected chi connectivity index (χ3v) is 3.37. The fourth-order valence-corrected chi connectivity index (χ4v) is 2.30. The Morgan fingerprint density at radius 3 is 3.05 bits per heavy atom. The Morgan fingerprint density at radius 1 is 1.38 bits per heavy atom. The van der Waals surface area contributed by atoms with Crippen LogP contribution < -0.4 is 5.32 Å². The largest absolute Gasteiger partial charge is 0.341 e. The van der Waals surface area contributed by atoms with Crippen molar-refractivity contribution in [1.29, 1.82) is 0 Å². The molecule has 0 bridgehead atoms. The van der Waals surface area contributed by atoms with Crippen molar-refractivity contribution in [3.8, 4) is 0 Å². The van der Waals surface area contributed by atoms with E-state index in [0.29, 0.717) is 5.69 Å². The minimum Gasteiger partial charge on any atom is -0.341 e. The maximum Gasteiger partial charge on any atom is 0.270 e. The highest BCUT2D eigenvalue weighted by Crippen LogP contribution is 2.11. The Hall–Kier alpha value is -2.70. The van der Waals surface area contributed by atoms with Gasteiger partial charge in [0.1, 0.15) is 12.0 Å². The van der Waals surface area contributed by atoms with Gasteiger partial charge in [0.05, 0.1) is 17.8 Å². The van der Waals surface area contributed by atoms with E-state index in [1.165, 1.54) is 0 Å². The molecular weight excluding hydrogens is 268 g/mol. The van der Waals surface area contributed by atoms with Crippen molar-refractivity contribution in [3.63, 3.8) is 0 Å². The Balaban J connectivity index is 1.85. The summed E-state index contributed by atoms with van der Waals surface area (Å²) in [7, 11) is 0. The summed E-state index contributed by atoms with van der Waals surface area (Å²) < 4.78 is 3.52. The van der Waals surface area contributed by atoms with Crippen LogP contribution in [0.2, 0.25) is 0 Å². The summed E-state index contributed by atoms with van der Waals surface area (Å²) in [6, 6.07) is 7.11. The summed E-state index contributed by atoms with van der Waals surface area (Å²) in [5, 5.41) is 15.0. The van der Waals surface area contributed by atoms with Gasteiger partial charge in [0.2, 0.25) is 0 Å². The van der Waals surface area contributed by atoms with Crippen LogP contribution in [0.15, 0.2) is 36.8 Å². The Labute approximate surface area is 121 Å². The van der Waals surface area contributed by atoms with Gasteiger partial charge in [-0.25, -0.2) is 4.52 Å². The molecule has 0 spiro atoms. The van der Waals surface area contributed by atoms with Gasteiger partial charge in [-0.1, -0.05) is 6.07 Å². The van der Waals surface area contributed by atoms with E-state index in [0.717, 1.165) is 17.9 Å². The Morgan fingerprint density at radius 2 is 2.24 bits per heavy atom. The smallest absolute Gasteiger partial charge is 0.270 e. The van der Waals surface area contributed by atoms with E-state index in [1.54, 1.807) is 23.1 Å². The predicted molar refractivity (Wildman–Crippen MR) is 76.8 cm³/mol. The summed E-state index contributed by atoms with van der Waals surface area (Å²) in [6.07, 6.45) is 3.33. The molecule has 3 rings (SSSR count). The molecule has 0 saturated carbocycles. The summed E-state index contributed by atoms with van der Waals surface area (Å²) in [5.41, 5.74) is 1.37. The van der Waals surface area contributed by atoms with Crippen LogP contribution in [0.25, 0.3) is 5.52 Å². The first-order valence-electron chi connectivity index (χ1n) is 6.82. The van der Waals surface area contributed by atoms with E-state index in [-0.39, 0.29) is 11.9 Å². The molecule has 0 aliphatic rings. The zero-order valence-corrected chi connectivity index (χ0v) is 11.9. The minimum atomic E-state index is -0.231. The summed E-state index contributed by atoms with van der Waals surface area (Å²) in [4.78, 5) is 12.4. The van der Waals surface area contributed by atoms with Crippen LogP contribution in [0.5, 0.6) is 0 Å². The van der Waals surface area contributed by atoms with Crippen molar-refractivity contribution < 1.29 is 4.79 Å². The number of carbonyl (C=O) groups is 1. The van der Waals surface area contributed by atoms with Crippen LogP contribution in [-0.4, -0.2) is 30.3 Å². The molecule has 1 amide bonds. The van der Waals surface area contributed by atoms with Gasteiger partial charge in [0.25, 0.3) is 5.91 Å². The number of fused-ring (bicyclic) bond motifs is 1. The molecule has 1 atom stereocenters. The molecule has 7 heteroatoms. The van der Waals surface area contributed by atoms with Crippen molar-refractivity contribution in [2.75, 3.05) is 0 Å². The van der Waals surface area contributed by atoms with Crippen LogP contribution >= 0.6 is 0 Å². The number of carbonyl (C=O) groups excluding carboxylic acids is 1. The Kier molecular flexibility index (Phi) is 3.39. The predicted octanol–water partition coefficient (Wildman–Crippen LogP) is 1.44. The van der Waals surface area contributed by atoms with Crippen LogP contribution in [-0.2, 0) is 6.54 Å². The van der Waals surface area contributed by atoms with Gasteiger partial charge < -0.3 is 9.88 Å². The number of pyridine rings is 1. The van der Waals surface area contributed by atoms with E-state index < -0.39 is 0 Å². The SMILES string of the molecule is CCn1cnnc1[C@H](C)NC(=O)c1cccc2ccnn12. The molecule has 0 radical (unpaired) electrons. The van der Waals surface area contributed by atoms with Crippen molar-refractivity contribution in [3.05, 3.63) is 48.3 Å². The van der Waals surface area contributed by atoms with Gasteiger partial charge in [0.15, 0.2) is 5.82 Å². The third kappa shape index (κ3) is 2.37. The van der Waals surface area contributed by atoms with E-state index in [2.05, 4.69) is 20.6 Å². The second-order valence-electron chi connectivity index (χ2n) is 4.75. The summed E-state index contributed by atoms with van der Waals surface area (Å²) in [5.74, 6) is 0.543. The number of rotatable bonds is 4. The molecule has 0 aromatic carbocycles. The lowest BCUT2D eigenvalue weighted by atomic mass is 10.2. The highest BCUT2D eigenvalue weighted by molar-refractivity contribution is 5.93. The average Bonchev–Trinajstić information content (AvgIpc) is 3.14. The first-order valence-corrected chi connectivity index (χ1v) is 6.82. The number of amides is 1. The molecule has 0 aliphatic carbocycles. The molecule has 3 heterocycles. The van der Waals surface area contributed by atoms with Gasteiger partial charge in [-0.2, -0.15) is 5.10 Å². The third-order valence-electron chi connectivity index (χ3n) is 3.37. The molecule has 108 valence electrons.